The van der Waals surface area contributed by atoms with E-state index in [9.17, 15) is 19.5 Å². The van der Waals surface area contributed by atoms with Gasteiger partial charge in [-0.15, -0.1) is 0 Å². The van der Waals surface area contributed by atoms with Gasteiger partial charge in [-0.25, -0.2) is 4.79 Å². The van der Waals surface area contributed by atoms with Crippen molar-refractivity contribution in [1.29, 1.82) is 0 Å². The molecule has 1 N–H and O–H groups in total. The fourth-order valence-corrected chi connectivity index (χ4v) is 6.67. The Kier molecular flexibility index (Phi) is 38.2. The lowest BCUT2D eigenvalue weighted by atomic mass is 10.0. The number of carboxylic acids is 1. The third-order valence-corrected chi connectivity index (χ3v) is 10.2. The minimum atomic E-state index is -0.877. The van der Waals surface area contributed by atoms with Gasteiger partial charge in [0, 0.05) is 19.3 Å². The summed E-state index contributed by atoms with van der Waals surface area (Å²) in [4.78, 5) is 37.0. The van der Waals surface area contributed by atoms with E-state index in [2.05, 4.69) is 62.5 Å². The first kappa shape index (κ1) is 54.3. The molecule has 0 aromatic heterocycles. The van der Waals surface area contributed by atoms with Crippen LogP contribution in [0.4, 0.5) is 0 Å². The number of hydrogen-bond donors (Lipinski definition) is 1. The molecule has 8 nitrogen and oxygen atoms in total. The molecule has 0 saturated carbocycles. The zero-order valence-electron chi connectivity index (χ0n) is 37.5. The normalized spacial score (nSPS) is 13.4. The van der Waals surface area contributed by atoms with Gasteiger partial charge in [0.05, 0.1) is 34.4 Å². The highest BCUT2D eigenvalue weighted by atomic mass is 16.6. The van der Waals surface area contributed by atoms with Gasteiger partial charge < -0.3 is 23.8 Å². The number of hydrogen-bond acceptors (Lipinski definition) is 6. The van der Waals surface area contributed by atoms with Gasteiger partial charge >= 0.3 is 17.9 Å². The van der Waals surface area contributed by atoms with Crippen LogP contribution in [0, 0.1) is 0 Å². The summed E-state index contributed by atoms with van der Waals surface area (Å²) in [5.74, 6) is -1.48. The third kappa shape index (κ3) is 38.6. The summed E-state index contributed by atoms with van der Waals surface area (Å²) in [5.41, 5.74) is 0. The second-order valence-corrected chi connectivity index (χ2v) is 16.6. The molecule has 2 unspecified atom stereocenters. The molecule has 0 bridgehead atoms. The quantitative estimate of drug-likeness (QED) is 0.0284. The van der Waals surface area contributed by atoms with Crippen LogP contribution in [0.15, 0.2) is 48.6 Å². The number of ether oxygens (including phenoxy) is 3. The molecule has 0 spiro atoms. The van der Waals surface area contributed by atoms with Crippen LogP contribution in [-0.2, 0) is 28.6 Å². The number of unbranched alkanes of at least 4 members (excludes halogenated alkanes) is 19. The Morgan fingerprint density at radius 3 is 1.46 bits per heavy atom. The number of allylic oxidation sites excluding steroid dienone is 8. The van der Waals surface area contributed by atoms with Crippen LogP contribution in [0.3, 0.4) is 0 Å². The van der Waals surface area contributed by atoms with E-state index in [1.54, 1.807) is 0 Å². The van der Waals surface area contributed by atoms with Gasteiger partial charge in [0.25, 0.3) is 0 Å². The molecule has 57 heavy (non-hydrogen) atoms. The molecule has 0 aliphatic carbocycles. The fourth-order valence-electron chi connectivity index (χ4n) is 6.67. The summed E-state index contributed by atoms with van der Waals surface area (Å²) in [6.07, 6.45) is 47.2. The highest BCUT2D eigenvalue weighted by molar-refractivity contribution is 5.72. The number of likely N-dealkylation sites (N-methyl/N-ethyl adjacent to an activating group) is 1. The molecule has 0 aromatic carbocycles. The minimum absolute atomic E-state index is 0.0554. The van der Waals surface area contributed by atoms with Crippen LogP contribution in [0.5, 0.6) is 0 Å². The van der Waals surface area contributed by atoms with Gasteiger partial charge in [-0.2, -0.15) is 0 Å². The maximum Gasteiger partial charge on any atom is 0.362 e. The molecule has 0 amide bonds. The lowest BCUT2D eigenvalue weighted by Crippen LogP contribution is -2.50. The van der Waals surface area contributed by atoms with Crippen molar-refractivity contribution in [3.63, 3.8) is 0 Å². The number of quaternary nitrogens is 1. The summed E-state index contributed by atoms with van der Waals surface area (Å²) < 4.78 is 17.3. The van der Waals surface area contributed by atoms with E-state index in [0.29, 0.717) is 19.3 Å². The predicted molar refractivity (Wildman–Crippen MR) is 238 cm³/mol. The van der Waals surface area contributed by atoms with E-state index in [1.807, 2.05) is 21.1 Å². The number of nitrogens with zero attached hydrogens (tertiary/aromatic N) is 1. The Morgan fingerprint density at radius 1 is 0.544 bits per heavy atom. The fraction of sp³-hybridized carbons (Fsp3) is 0.776. The Balaban J connectivity index is 4.33. The van der Waals surface area contributed by atoms with E-state index < -0.39 is 18.1 Å². The van der Waals surface area contributed by atoms with E-state index in [-0.39, 0.29) is 36.2 Å². The Hall–Kier alpha value is -2.71. The van der Waals surface area contributed by atoms with Gasteiger partial charge in [0.1, 0.15) is 6.61 Å². The first-order chi connectivity index (χ1) is 27.6. The standard InChI is InChI=1S/C49H87NO7/c1-6-8-10-12-14-16-18-20-22-23-24-25-26-28-30-32-34-36-38-40-48(52)57-45(43-55-42-41-46(49(53)54)50(3,4)5)44-56-47(51)39-37-35-33-31-29-27-21-19-17-15-13-11-9-7-2/h8,10,14,16,20,22,24-25,45-46H,6-7,9,11-13,15,17-19,21,23,26-44H2,1-5H3/p+1/b10-8-,16-14-,22-20-,25-24-. The number of carbonyl (C=O) groups excluding carboxylic acids is 2. The molecule has 0 saturated heterocycles. The maximum absolute atomic E-state index is 12.7. The minimum Gasteiger partial charge on any atom is -0.477 e. The smallest absolute Gasteiger partial charge is 0.362 e. The Bertz CT molecular complexity index is 1070. The first-order valence-electron chi connectivity index (χ1n) is 23.2. The van der Waals surface area contributed by atoms with Gasteiger partial charge in [-0.05, 0) is 51.4 Å². The molecular formula is C49H88NO7+. The molecule has 0 aliphatic rings. The molecule has 0 rings (SSSR count). The van der Waals surface area contributed by atoms with E-state index in [4.69, 9.17) is 14.2 Å². The molecule has 8 heteroatoms. The van der Waals surface area contributed by atoms with Crippen LogP contribution in [0.1, 0.15) is 194 Å². The molecule has 0 aliphatic heterocycles. The van der Waals surface area contributed by atoms with Crippen molar-refractivity contribution >= 4 is 17.9 Å². The van der Waals surface area contributed by atoms with Gasteiger partial charge in [0.15, 0.2) is 12.1 Å². The molecular weight excluding hydrogens is 715 g/mol. The summed E-state index contributed by atoms with van der Waals surface area (Å²) >= 11 is 0. The molecule has 0 heterocycles. The topological polar surface area (TPSA) is 99.1 Å². The summed E-state index contributed by atoms with van der Waals surface area (Å²) in [6, 6.07) is -0.617. The van der Waals surface area contributed by atoms with Crippen LogP contribution < -0.4 is 0 Å². The summed E-state index contributed by atoms with van der Waals surface area (Å²) in [5, 5.41) is 9.63. The van der Waals surface area contributed by atoms with Crippen LogP contribution in [0.2, 0.25) is 0 Å². The Morgan fingerprint density at radius 2 is 0.982 bits per heavy atom. The van der Waals surface area contributed by atoms with Crippen molar-refractivity contribution < 1.29 is 38.2 Å². The van der Waals surface area contributed by atoms with Crippen LogP contribution in [-0.4, -0.2) is 80.6 Å². The average Bonchev–Trinajstić information content (AvgIpc) is 3.17. The largest absolute Gasteiger partial charge is 0.477 e. The van der Waals surface area contributed by atoms with Crippen molar-refractivity contribution in [3.8, 4) is 0 Å². The van der Waals surface area contributed by atoms with Crippen molar-refractivity contribution in [1.82, 2.24) is 0 Å². The third-order valence-electron chi connectivity index (χ3n) is 10.2. The molecule has 330 valence electrons. The summed E-state index contributed by atoms with van der Waals surface area (Å²) in [6.45, 7) is 4.62. The second kappa shape index (κ2) is 40.1. The molecule has 0 fully saturated rings. The number of esters is 2. The molecule has 2 atom stereocenters. The number of rotatable bonds is 41. The van der Waals surface area contributed by atoms with Gasteiger partial charge in [-0.1, -0.05) is 172 Å². The Labute approximate surface area is 350 Å². The van der Waals surface area contributed by atoms with Crippen LogP contribution in [0.25, 0.3) is 0 Å². The number of carboxylic acid groups (broad SMARTS) is 1. The first-order valence-corrected chi connectivity index (χ1v) is 23.2. The monoisotopic (exact) mass is 803 g/mol. The van der Waals surface area contributed by atoms with E-state index in [0.717, 1.165) is 77.0 Å². The zero-order chi connectivity index (χ0) is 42.1. The highest BCUT2D eigenvalue weighted by Gasteiger charge is 2.31. The van der Waals surface area contributed by atoms with E-state index >= 15 is 0 Å². The predicted octanol–water partition coefficient (Wildman–Crippen LogP) is 12.8. The second-order valence-electron chi connectivity index (χ2n) is 16.6. The number of aliphatic carboxylic acids is 1. The van der Waals surface area contributed by atoms with Crippen molar-refractivity contribution in [2.75, 3.05) is 41.0 Å². The SMILES string of the molecule is CC/C=C\C/C=C\C/C=C\C/C=C\CCCCCCCCC(=O)OC(COCCC(C(=O)O)[N+](C)(C)C)COC(=O)CCCCCCCCCCCCCCCC. The lowest BCUT2D eigenvalue weighted by Gasteiger charge is -2.31. The van der Waals surface area contributed by atoms with E-state index in [1.165, 1.54) is 83.5 Å². The molecule has 0 aromatic rings. The number of carbonyl (C=O) groups is 3. The zero-order valence-corrected chi connectivity index (χ0v) is 37.5. The highest BCUT2D eigenvalue weighted by Crippen LogP contribution is 2.15. The van der Waals surface area contributed by atoms with Crippen molar-refractivity contribution in [3.05, 3.63) is 48.6 Å². The average molecular weight is 803 g/mol. The molecule has 0 radical (unpaired) electrons. The van der Waals surface area contributed by atoms with Crippen molar-refractivity contribution in [2.45, 2.75) is 206 Å². The lowest BCUT2D eigenvalue weighted by molar-refractivity contribution is -0.887. The van der Waals surface area contributed by atoms with Gasteiger partial charge in [0.2, 0.25) is 0 Å². The van der Waals surface area contributed by atoms with Crippen molar-refractivity contribution in [2.24, 2.45) is 0 Å². The van der Waals surface area contributed by atoms with Gasteiger partial charge in [-0.3, -0.25) is 9.59 Å². The maximum atomic E-state index is 12.7. The summed E-state index contributed by atoms with van der Waals surface area (Å²) in [7, 11) is 5.52. The van der Waals surface area contributed by atoms with Crippen LogP contribution >= 0.6 is 0 Å².